The van der Waals surface area contributed by atoms with Crippen LogP contribution in [0, 0.1) is 11.8 Å². The number of thiazole rings is 1. The van der Waals surface area contributed by atoms with Gasteiger partial charge >= 0.3 is 0 Å². The van der Waals surface area contributed by atoms with E-state index in [1.165, 1.54) is 0 Å². The van der Waals surface area contributed by atoms with E-state index in [1.807, 2.05) is 12.3 Å². The third kappa shape index (κ3) is 2.84. The van der Waals surface area contributed by atoms with E-state index in [1.54, 1.807) is 17.5 Å². The van der Waals surface area contributed by atoms with Crippen molar-refractivity contribution in [3.8, 4) is 0 Å². The predicted molar refractivity (Wildman–Crippen MR) is 68.6 cm³/mol. The number of nitrogens with zero attached hydrogens (tertiary/aromatic N) is 1. The quantitative estimate of drug-likeness (QED) is 0.858. The van der Waals surface area contributed by atoms with Crippen molar-refractivity contribution in [2.24, 2.45) is 17.6 Å². The van der Waals surface area contributed by atoms with Crippen LogP contribution in [-0.4, -0.2) is 17.4 Å². The summed E-state index contributed by atoms with van der Waals surface area (Å²) in [6.07, 6.45) is 4.94. The van der Waals surface area contributed by atoms with Crippen LogP contribution >= 0.6 is 11.3 Å². The molecule has 1 aliphatic carbocycles. The second-order valence-electron chi connectivity index (χ2n) is 4.63. The van der Waals surface area contributed by atoms with Crippen molar-refractivity contribution in [2.75, 3.05) is 6.54 Å². The molecule has 1 heterocycles. The molecular weight excluding hydrogens is 234 g/mol. The fourth-order valence-electron chi connectivity index (χ4n) is 2.49. The first-order chi connectivity index (χ1) is 8.22. The third-order valence-electron chi connectivity index (χ3n) is 3.48. The van der Waals surface area contributed by atoms with E-state index >= 15 is 0 Å². The normalized spacial score (nSPS) is 25.8. The van der Waals surface area contributed by atoms with Gasteiger partial charge < -0.3 is 11.1 Å². The topological polar surface area (TPSA) is 68.0 Å². The Morgan fingerprint density at radius 3 is 3.18 bits per heavy atom. The Morgan fingerprint density at radius 1 is 1.71 bits per heavy atom. The highest BCUT2D eigenvalue weighted by Gasteiger charge is 2.32. The van der Waals surface area contributed by atoms with E-state index in [9.17, 15) is 4.79 Å². The van der Waals surface area contributed by atoms with Gasteiger partial charge in [-0.2, -0.15) is 0 Å². The Kier molecular flexibility index (Phi) is 4.12. The van der Waals surface area contributed by atoms with Crippen LogP contribution in [0.5, 0.6) is 0 Å². The van der Waals surface area contributed by atoms with Crippen molar-refractivity contribution in [1.29, 1.82) is 0 Å². The summed E-state index contributed by atoms with van der Waals surface area (Å²) in [4.78, 5) is 16.3. The maximum Gasteiger partial charge on any atom is 0.223 e. The van der Waals surface area contributed by atoms with E-state index in [0.29, 0.717) is 12.5 Å². The smallest absolute Gasteiger partial charge is 0.223 e. The fraction of sp³-hybridized carbons (Fsp3) is 0.667. The molecule has 0 saturated heterocycles. The lowest BCUT2D eigenvalue weighted by Crippen LogP contribution is -2.36. The van der Waals surface area contributed by atoms with E-state index in [4.69, 9.17) is 5.73 Å². The number of carbonyl (C=O) groups is 1. The van der Waals surface area contributed by atoms with Crippen LogP contribution in [0.2, 0.25) is 0 Å². The average molecular weight is 253 g/mol. The Labute approximate surface area is 106 Å². The molecule has 0 spiro atoms. The standard InChI is InChI=1S/C12H19N3OS/c1-8(12-14-5-6-17-12)15-11(16)10-4-2-3-9(10)7-13/h5-6,8-10H,2-4,7,13H2,1H3,(H,15,16). The van der Waals surface area contributed by atoms with Crippen molar-refractivity contribution < 1.29 is 4.79 Å². The molecule has 17 heavy (non-hydrogen) atoms. The summed E-state index contributed by atoms with van der Waals surface area (Å²) in [5.41, 5.74) is 5.70. The molecular formula is C12H19N3OS. The van der Waals surface area contributed by atoms with Crippen molar-refractivity contribution >= 4 is 17.2 Å². The summed E-state index contributed by atoms with van der Waals surface area (Å²) in [6.45, 7) is 2.59. The molecule has 1 fully saturated rings. The summed E-state index contributed by atoms with van der Waals surface area (Å²) in [5.74, 6) is 0.599. The number of amides is 1. The zero-order chi connectivity index (χ0) is 12.3. The number of nitrogens with two attached hydrogens (primary N) is 1. The average Bonchev–Trinajstić information content (AvgIpc) is 2.99. The molecule has 3 atom stereocenters. The monoisotopic (exact) mass is 253 g/mol. The van der Waals surface area contributed by atoms with Crippen LogP contribution in [0.1, 0.15) is 37.2 Å². The highest BCUT2D eigenvalue weighted by atomic mass is 32.1. The Hall–Kier alpha value is -0.940. The lowest BCUT2D eigenvalue weighted by atomic mass is 9.95. The molecule has 94 valence electrons. The van der Waals surface area contributed by atoms with Gasteiger partial charge in [0, 0.05) is 17.5 Å². The van der Waals surface area contributed by atoms with E-state index in [2.05, 4.69) is 10.3 Å². The van der Waals surface area contributed by atoms with Gasteiger partial charge in [-0.25, -0.2) is 4.98 Å². The minimum absolute atomic E-state index is 0.00141. The first-order valence-electron chi connectivity index (χ1n) is 6.12. The maximum atomic E-state index is 12.1. The van der Waals surface area contributed by atoms with Gasteiger partial charge in [0.05, 0.1) is 6.04 Å². The van der Waals surface area contributed by atoms with Crippen LogP contribution < -0.4 is 11.1 Å². The lowest BCUT2D eigenvalue weighted by molar-refractivity contribution is -0.126. The summed E-state index contributed by atoms with van der Waals surface area (Å²) < 4.78 is 0. The van der Waals surface area contributed by atoms with Gasteiger partial charge in [0.25, 0.3) is 0 Å². The van der Waals surface area contributed by atoms with Gasteiger partial charge in [0.1, 0.15) is 5.01 Å². The van der Waals surface area contributed by atoms with Gasteiger partial charge in [0.15, 0.2) is 0 Å². The molecule has 1 amide bonds. The van der Waals surface area contributed by atoms with Crippen LogP contribution in [0.15, 0.2) is 11.6 Å². The highest BCUT2D eigenvalue weighted by Crippen LogP contribution is 2.31. The van der Waals surface area contributed by atoms with Crippen molar-refractivity contribution in [2.45, 2.75) is 32.2 Å². The second kappa shape index (κ2) is 5.60. The molecule has 4 nitrogen and oxygen atoms in total. The molecule has 1 aromatic rings. The molecule has 0 bridgehead atoms. The van der Waals surface area contributed by atoms with Crippen molar-refractivity contribution in [1.82, 2.24) is 10.3 Å². The number of hydrogen-bond donors (Lipinski definition) is 2. The van der Waals surface area contributed by atoms with Gasteiger partial charge in [-0.3, -0.25) is 4.79 Å². The minimum atomic E-state index is 0.00141. The van der Waals surface area contributed by atoms with Crippen molar-refractivity contribution in [3.05, 3.63) is 16.6 Å². The Morgan fingerprint density at radius 2 is 2.53 bits per heavy atom. The second-order valence-corrected chi connectivity index (χ2v) is 5.56. The van der Waals surface area contributed by atoms with Crippen LogP contribution in [0.4, 0.5) is 0 Å². The minimum Gasteiger partial charge on any atom is -0.347 e. The summed E-state index contributed by atoms with van der Waals surface area (Å²) in [6, 6.07) is 0.00141. The summed E-state index contributed by atoms with van der Waals surface area (Å²) >= 11 is 1.57. The number of hydrogen-bond acceptors (Lipinski definition) is 4. The summed E-state index contributed by atoms with van der Waals surface area (Å²) in [5, 5.41) is 5.93. The predicted octanol–water partition coefficient (Wildman–Crippen LogP) is 1.70. The number of aromatic nitrogens is 1. The summed E-state index contributed by atoms with van der Waals surface area (Å²) in [7, 11) is 0. The Balaban J connectivity index is 1.92. The Bertz CT molecular complexity index is 366. The first kappa shape index (κ1) is 12.5. The van der Waals surface area contributed by atoms with E-state index < -0.39 is 0 Å². The first-order valence-corrected chi connectivity index (χ1v) is 7.00. The zero-order valence-corrected chi connectivity index (χ0v) is 10.9. The van der Waals surface area contributed by atoms with Crippen LogP contribution in [0.3, 0.4) is 0 Å². The molecule has 1 aromatic heterocycles. The van der Waals surface area contributed by atoms with Crippen LogP contribution in [0.25, 0.3) is 0 Å². The van der Waals surface area contributed by atoms with E-state index in [-0.39, 0.29) is 17.9 Å². The number of rotatable bonds is 4. The molecule has 5 heteroatoms. The molecule has 2 rings (SSSR count). The molecule has 3 unspecified atom stereocenters. The molecule has 3 N–H and O–H groups in total. The molecule has 0 aliphatic heterocycles. The number of carbonyl (C=O) groups excluding carboxylic acids is 1. The molecule has 0 radical (unpaired) electrons. The fourth-order valence-corrected chi connectivity index (χ4v) is 3.14. The van der Waals surface area contributed by atoms with Crippen LogP contribution in [-0.2, 0) is 4.79 Å². The molecule has 0 aromatic carbocycles. The molecule has 1 saturated carbocycles. The van der Waals surface area contributed by atoms with Gasteiger partial charge in [-0.05, 0) is 32.2 Å². The van der Waals surface area contributed by atoms with Crippen molar-refractivity contribution in [3.63, 3.8) is 0 Å². The molecule has 1 aliphatic rings. The SMILES string of the molecule is CC(NC(=O)C1CCCC1CN)c1nccs1. The maximum absolute atomic E-state index is 12.1. The number of nitrogens with one attached hydrogen (secondary N) is 1. The highest BCUT2D eigenvalue weighted by molar-refractivity contribution is 7.09. The van der Waals surface area contributed by atoms with Gasteiger partial charge in [-0.1, -0.05) is 6.42 Å². The van der Waals surface area contributed by atoms with E-state index in [0.717, 1.165) is 24.3 Å². The largest absolute Gasteiger partial charge is 0.347 e. The zero-order valence-electron chi connectivity index (χ0n) is 10.1. The van der Waals surface area contributed by atoms with Gasteiger partial charge in [-0.15, -0.1) is 11.3 Å². The van der Waals surface area contributed by atoms with Gasteiger partial charge in [0.2, 0.25) is 5.91 Å². The third-order valence-corrected chi connectivity index (χ3v) is 4.44. The lowest BCUT2D eigenvalue weighted by Gasteiger charge is -2.19.